The number of rotatable bonds is 0. The number of fused-ring (bicyclic) bond motifs is 7. The molecule has 27 heavy (non-hydrogen) atoms. The van der Waals surface area contributed by atoms with Crippen molar-refractivity contribution >= 4 is 17.8 Å². The zero-order chi connectivity index (χ0) is 19.0. The van der Waals surface area contributed by atoms with Crippen LogP contribution in [0.3, 0.4) is 0 Å². The van der Waals surface area contributed by atoms with E-state index < -0.39 is 5.54 Å². The van der Waals surface area contributed by atoms with Gasteiger partial charge in [0.1, 0.15) is 0 Å². The number of hydrogen-bond donors (Lipinski definition) is 2. The van der Waals surface area contributed by atoms with E-state index >= 15 is 0 Å². The third-order valence-electron chi connectivity index (χ3n) is 5.22. The fourth-order valence-corrected chi connectivity index (χ4v) is 3.66. The summed E-state index contributed by atoms with van der Waals surface area (Å²) in [5.41, 5.74) is 8.45. The number of guanidine groups is 1. The van der Waals surface area contributed by atoms with E-state index in [2.05, 4.69) is 10.3 Å². The van der Waals surface area contributed by atoms with Crippen LogP contribution >= 0.6 is 0 Å². The van der Waals surface area contributed by atoms with E-state index in [9.17, 15) is 9.59 Å². The summed E-state index contributed by atoms with van der Waals surface area (Å²) in [5, 5.41) is 2.96. The molecule has 0 spiro atoms. The Bertz CT molecular complexity index is 953. The molecule has 138 valence electrons. The van der Waals surface area contributed by atoms with Gasteiger partial charge in [0.2, 0.25) is 0 Å². The summed E-state index contributed by atoms with van der Waals surface area (Å²) in [6, 6.07) is 15.2. The van der Waals surface area contributed by atoms with Crippen molar-refractivity contribution in [2.45, 2.75) is 31.8 Å². The highest BCUT2D eigenvalue weighted by Crippen LogP contribution is 2.34. The minimum absolute atomic E-state index is 0.111. The highest BCUT2D eigenvalue weighted by atomic mass is 16.2. The lowest BCUT2D eigenvalue weighted by Gasteiger charge is -2.23. The zero-order valence-corrected chi connectivity index (χ0v) is 15.2. The van der Waals surface area contributed by atoms with Gasteiger partial charge >= 0.3 is 0 Å². The van der Waals surface area contributed by atoms with Crippen LogP contribution < -0.4 is 11.1 Å². The third-order valence-corrected chi connectivity index (χ3v) is 5.22. The molecule has 4 rings (SSSR count). The Morgan fingerprint density at radius 2 is 1.89 bits per heavy atom. The van der Waals surface area contributed by atoms with Gasteiger partial charge in [-0.05, 0) is 48.6 Å². The maximum absolute atomic E-state index is 13.2. The molecule has 0 saturated heterocycles. The summed E-state index contributed by atoms with van der Waals surface area (Å²) in [7, 11) is 0. The van der Waals surface area contributed by atoms with Gasteiger partial charge in [0.25, 0.3) is 11.8 Å². The number of hydrogen-bond acceptors (Lipinski definition) is 4. The fraction of sp³-hybridized carbons (Fsp3) is 0.286. The molecule has 6 heteroatoms. The molecular formula is C21H22N4O2. The largest absolute Gasteiger partial charge is 0.369 e. The van der Waals surface area contributed by atoms with Crippen LogP contribution in [0.15, 0.2) is 53.5 Å². The Kier molecular flexibility index (Phi) is 4.18. The first-order chi connectivity index (χ1) is 13.0. The quantitative estimate of drug-likeness (QED) is 0.751. The first-order valence-corrected chi connectivity index (χ1v) is 9.11. The molecule has 2 aromatic carbocycles. The minimum atomic E-state index is -1.02. The molecule has 0 radical (unpaired) electrons. The summed E-state index contributed by atoms with van der Waals surface area (Å²) < 4.78 is 0. The number of amides is 2. The Hall–Kier alpha value is -3.15. The van der Waals surface area contributed by atoms with Crippen molar-refractivity contribution in [2.24, 2.45) is 10.7 Å². The van der Waals surface area contributed by atoms with Gasteiger partial charge in [-0.15, -0.1) is 0 Å². The highest BCUT2D eigenvalue weighted by molar-refractivity contribution is 6.07. The van der Waals surface area contributed by atoms with Gasteiger partial charge in [-0.2, -0.15) is 0 Å². The number of aryl methyl sites for hydroxylation is 1. The SMILES string of the molecule is CC12N=C(N)N(Cc3cccc(c3)C(=O)NCCCc3cccc1c3)C2=O. The smallest absolute Gasteiger partial charge is 0.261 e. The van der Waals surface area contributed by atoms with E-state index in [-0.39, 0.29) is 24.3 Å². The second-order valence-corrected chi connectivity index (χ2v) is 7.19. The number of benzene rings is 2. The Labute approximate surface area is 158 Å². The van der Waals surface area contributed by atoms with Crippen molar-refractivity contribution in [3.63, 3.8) is 0 Å². The molecule has 6 nitrogen and oxygen atoms in total. The lowest BCUT2D eigenvalue weighted by atomic mass is 9.90. The molecule has 2 amide bonds. The van der Waals surface area contributed by atoms with Gasteiger partial charge in [0.15, 0.2) is 11.5 Å². The lowest BCUT2D eigenvalue weighted by Crippen LogP contribution is -2.41. The minimum Gasteiger partial charge on any atom is -0.369 e. The first-order valence-electron chi connectivity index (χ1n) is 9.11. The second-order valence-electron chi connectivity index (χ2n) is 7.19. The Morgan fingerprint density at radius 1 is 1.11 bits per heavy atom. The predicted octanol–water partition coefficient (Wildman–Crippen LogP) is 1.93. The van der Waals surface area contributed by atoms with Crippen molar-refractivity contribution in [3.8, 4) is 0 Å². The molecule has 0 fully saturated rings. The van der Waals surface area contributed by atoms with Crippen LogP contribution in [0.4, 0.5) is 0 Å². The van der Waals surface area contributed by atoms with Gasteiger partial charge in [0, 0.05) is 12.1 Å². The van der Waals surface area contributed by atoms with Crippen LogP contribution in [0.1, 0.15) is 40.4 Å². The summed E-state index contributed by atoms with van der Waals surface area (Å²) >= 11 is 0. The summed E-state index contributed by atoms with van der Waals surface area (Å²) in [6.07, 6.45) is 1.62. The summed E-state index contributed by atoms with van der Waals surface area (Å²) in [5.74, 6) is -0.0589. The molecule has 1 atom stereocenters. The molecule has 0 saturated carbocycles. The molecule has 2 heterocycles. The van der Waals surface area contributed by atoms with Crippen molar-refractivity contribution in [2.75, 3.05) is 6.54 Å². The summed E-state index contributed by atoms with van der Waals surface area (Å²) in [6.45, 7) is 2.69. The van der Waals surface area contributed by atoms with Gasteiger partial charge in [-0.3, -0.25) is 14.5 Å². The molecule has 2 aromatic rings. The van der Waals surface area contributed by atoms with Crippen LogP contribution in [-0.4, -0.2) is 29.2 Å². The number of nitrogens with zero attached hydrogens (tertiary/aromatic N) is 2. The van der Waals surface area contributed by atoms with Crippen molar-refractivity contribution < 1.29 is 9.59 Å². The number of nitrogens with one attached hydrogen (secondary N) is 1. The maximum atomic E-state index is 13.2. The predicted molar refractivity (Wildman–Crippen MR) is 103 cm³/mol. The standard InChI is InChI=1S/C21H22N4O2/c1-21-17-9-3-5-14(12-17)7-4-10-23-18(26)16-8-2-6-15(11-16)13-25(19(21)27)20(22)24-21/h2-3,5-6,8-9,11-12H,4,7,10,13H2,1H3,(H2,22,24)(H,23,26). The lowest BCUT2D eigenvalue weighted by molar-refractivity contribution is -0.131. The van der Waals surface area contributed by atoms with E-state index in [1.807, 2.05) is 36.4 Å². The average molecular weight is 362 g/mol. The highest BCUT2D eigenvalue weighted by Gasteiger charge is 2.45. The molecule has 0 aromatic heterocycles. The van der Waals surface area contributed by atoms with Gasteiger partial charge < -0.3 is 11.1 Å². The summed E-state index contributed by atoms with van der Waals surface area (Å²) in [4.78, 5) is 31.6. The second kappa shape index (κ2) is 6.54. The Balaban J connectivity index is 1.78. The molecule has 1 unspecified atom stereocenters. The van der Waals surface area contributed by atoms with Crippen molar-refractivity contribution in [1.29, 1.82) is 0 Å². The van der Waals surface area contributed by atoms with E-state index in [1.54, 1.807) is 19.1 Å². The zero-order valence-electron chi connectivity index (χ0n) is 15.2. The van der Waals surface area contributed by atoms with Crippen LogP contribution in [0.5, 0.6) is 0 Å². The van der Waals surface area contributed by atoms with Gasteiger partial charge in [0.05, 0.1) is 6.54 Å². The molecular weight excluding hydrogens is 340 g/mol. The topological polar surface area (TPSA) is 87.8 Å². The Morgan fingerprint density at radius 3 is 2.74 bits per heavy atom. The van der Waals surface area contributed by atoms with Crippen LogP contribution in [0, 0.1) is 0 Å². The number of carbonyl (C=O) groups is 2. The number of nitrogens with two attached hydrogens (primary N) is 1. The van der Waals surface area contributed by atoms with Gasteiger partial charge in [-0.1, -0.05) is 36.4 Å². The normalized spacial score (nSPS) is 22.6. The van der Waals surface area contributed by atoms with Crippen LogP contribution in [-0.2, 0) is 23.3 Å². The molecule has 6 bridgehead atoms. The third kappa shape index (κ3) is 3.07. The van der Waals surface area contributed by atoms with Crippen LogP contribution in [0.25, 0.3) is 0 Å². The van der Waals surface area contributed by atoms with Crippen molar-refractivity contribution in [1.82, 2.24) is 10.2 Å². The first kappa shape index (κ1) is 17.3. The van der Waals surface area contributed by atoms with E-state index in [4.69, 9.17) is 5.73 Å². The number of carbonyl (C=O) groups excluding carboxylic acids is 2. The molecule has 2 aliphatic heterocycles. The van der Waals surface area contributed by atoms with E-state index in [0.717, 1.165) is 29.5 Å². The number of aliphatic imine (C=N–C) groups is 1. The van der Waals surface area contributed by atoms with Crippen LogP contribution in [0.2, 0.25) is 0 Å². The van der Waals surface area contributed by atoms with Gasteiger partial charge in [-0.25, -0.2) is 4.99 Å². The fourth-order valence-electron chi connectivity index (χ4n) is 3.66. The average Bonchev–Trinajstić information content (AvgIpc) is 2.89. The van der Waals surface area contributed by atoms with E-state index in [1.165, 1.54) is 4.90 Å². The molecule has 3 N–H and O–H groups in total. The molecule has 2 aliphatic rings. The monoisotopic (exact) mass is 362 g/mol. The maximum Gasteiger partial charge on any atom is 0.261 e. The van der Waals surface area contributed by atoms with E-state index in [0.29, 0.717) is 12.1 Å². The van der Waals surface area contributed by atoms with Crippen molar-refractivity contribution in [3.05, 3.63) is 70.8 Å². The molecule has 0 aliphatic carbocycles.